The van der Waals surface area contributed by atoms with E-state index >= 15 is 0 Å². The fourth-order valence-electron chi connectivity index (χ4n) is 2.26. The number of aryl methyl sites for hydroxylation is 2. The van der Waals surface area contributed by atoms with Gasteiger partial charge in [0.1, 0.15) is 5.52 Å². The molecule has 3 N–H and O–H groups in total. The number of nitrogens with one attached hydrogen (secondary N) is 1. The minimum Gasteiger partial charge on any atom is -0.395 e. The van der Waals surface area contributed by atoms with Crippen LogP contribution in [-0.4, -0.2) is 4.98 Å². The van der Waals surface area contributed by atoms with Crippen LogP contribution in [-0.2, 0) is 0 Å². The van der Waals surface area contributed by atoms with Gasteiger partial charge in [0, 0.05) is 5.69 Å². The van der Waals surface area contributed by atoms with E-state index < -0.39 is 0 Å². The number of hydrogen-bond donors (Lipinski definition) is 2. The van der Waals surface area contributed by atoms with Gasteiger partial charge < -0.3 is 11.1 Å². The van der Waals surface area contributed by atoms with Crippen LogP contribution in [0.3, 0.4) is 0 Å². The molecule has 3 nitrogen and oxygen atoms in total. The third-order valence-electron chi connectivity index (χ3n) is 3.04. The highest BCUT2D eigenvalue weighted by molar-refractivity contribution is 7.16. The van der Waals surface area contributed by atoms with Crippen molar-refractivity contribution in [3.63, 3.8) is 0 Å². The summed E-state index contributed by atoms with van der Waals surface area (Å²) in [6, 6.07) is 10.4. The van der Waals surface area contributed by atoms with Crippen molar-refractivity contribution in [3.8, 4) is 0 Å². The van der Waals surface area contributed by atoms with Crippen LogP contribution in [0.2, 0.25) is 0 Å². The predicted octanol–water partition coefficient (Wildman–Crippen LogP) is 4.24. The smallest absolute Gasteiger partial charge is 0.106 e. The molecule has 0 bridgehead atoms. The fourth-order valence-corrected chi connectivity index (χ4v) is 2.96. The van der Waals surface area contributed by atoms with Crippen LogP contribution in [0.4, 0.5) is 17.1 Å². The van der Waals surface area contributed by atoms with Gasteiger partial charge in [-0.3, -0.25) is 0 Å². The van der Waals surface area contributed by atoms with Gasteiger partial charge >= 0.3 is 0 Å². The lowest BCUT2D eigenvalue weighted by molar-refractivity contribution is 1.37. The number of nitrogens with two attached hydrogens (primary N) is 1. The number of rotatable bonds is 2. The summed E-state index contributed by atoms with van der Waals surface area (Å²) >= 11 is 1.60. The van der Waals surface area contributed by atoms with Crippen molar-refractivity contribution < 1.29 is 0 Å². The first-order valence-corrected chi connectivity index (χ1v) is 6.98. The molecule has 1 aromatic heterocycles. The Balaban J connectivity index is 2.02. The largest absolute Gasteiger partial charge is 0.395 e. The van der Waals surface area contributed by atoms with Crippen molar-refractivity contribution in [2.45, 2.75) is 13.8 Å². The van der Waals surface area contributed by atoms with Gasteiger partial charge in [0.05, 0.1) is 21.6 Å². The van der Waals surface area contributed by atoms with Crippen LogP contribution in [0.1, 0.15) is 11.1 Å². The molecule has 2 aromatic carbocycles. The number of hydrogen-bond acceptors (Lipinski definition) is 4. The number of nitrogen functional groups attached to an aromatic ring is 1. The fraction of sp³-hybridized carbons (Fsp3) is 0.133. The Labute approximate surface area is 116 Å². The standard InChI is InChI=1S/C15H15N3S/c1-9-5-10(2)7-11(6-9)18-12-3-4-13-15(14(12)16)17-8-19-13/h3-8,18H,16H2,1-2H3. The zero-order valence-electron chi connectivity index (χ0n) is 10.9. The van der Waals surface area contributed by atoms with E-state index in [0.29, 0.717) is 5.69 Å². The molecule has 0 unspecified atom stereocenters. The molecular formula is C15H15N3S. The summed E-state index contributed by atoms with van der Waals surface area (Å²) in [5, 5.41) is 3.38. The summed E-state index contributed by atoms with van der Waals surface area (Å²) in [5.41, 5.74) is 14.0. The summed E-state index contributed by atoms with van der Waals surface area (Å²) in [5.74, 6) is 0. The van der Waals surface area contributed by atoms with Gasteiger partial charge in [0.25, 0.3) is 0 Å². The quantitative estimate of drug-likeness (QED) is 0.684. The molecule has 0 saturated carbocycles. The molecule has 0 aliphatic heterocycles. The maximum Gasteiger partial charge on any atom is 0.106 e. The van der Waals surface area contributed by atoms with Crippen LogP contribution in [0.5, 0.6) is 0 Å². The number of aromatic nitrogens is 1. The van der Waals surface area contributed by atoms with Gasteiger partial charge in [-0.25, -0.2) is 4.98 Å². The Morgan fingerprint density at radius 1 is 1.11 bits per heavy atom. The molecule has 4 heteroatoms. The van der Waals surface area contributed by atoms with E-state index in [-0.39, 0.29) is 0 Å². The molecule has 19 heavy (non-hydrogen) atoms. The summed E-state index contributed by atoms with van der Waals surface area (Å²) in [6.07, 6.45) is 0. The molecule has 0 aliphatic carbocycles. The topological polar surface area (TPSA) is 50.9 Å². The van der Waals surface area contributed by atoms with E-state index in [9.17, 15) is 0 Å². The van der Waals surface area contributed by atoms with Crippen LogP contribution in [0.25, 0.3) is 10.2 Å². The lowest BCUT2D eigenvalue weighted by atomic mass is 10.1. The molecule has 96 valence electrons. The maximum absolute atomic E-state index is 6.17. The summed E-state index contributed by atoms with van der Waals surface area (Å²) in [7, 11) is 0. The molecule has 1 heterocycles. The van der Waals surface area contributed by atoms with Gasteiger partial charge in [0.15, 0.2) is 0 Å². The average Bonchev–Trinajstić information content (AvgIpc) is 2.80. The molecule has 3 rings (SSSR count). The van der Waals surface area contributed by atoms with E-state index in [2.05, 4.69) is 42.3 Å². The van der Waals surface area contributed by atoms with E-state index in [4.69, 9.17) is 5.73 Å². The highest BCUT2D eigenvalue weighted by atomic mass is 32.1. The summed E-state index contributed by atoms with van der Waals surface area (Å²) in [4.78, 5) is 4.31. The Morgan fingerprint density at radius 2 is 1.84 bits per heavy atom. The third-order valence-corrected chi connectivity index (χ3v) is 3.84. The van der Waals surface area contributed by atoms with Gasteiger partial charge in [0.2, 0.25) is 0 Å². The van der Waals surface area contributed by atoms with Crippen LogP contribution < -0.4 is 11.1 Å². The molecule has 0 saturated heterocycles. The molecule has 0 aliphatic rings. The lowest BCUT2D eigenvalue weighted by Gasteiger charge is -2.11. The minimum atomic E-state index is 0.706. The lowest BCUT2D eigenvalue weighted by Crippen LogP contribution is -1.97. The van der Waals surface area contributed by atoms with Crippen molar-refractivity contribution in [1.82, 2.24) is 4.98 Å². The molecular weight excluding hydrogens is 254 g/mol. The number of fused-ring (bicyclic) bond motifs is 1. The van der Waals surface area contributed by atoms with Crippen molar-refractivity contribution >= 4 is 38.6 Å². The molecule has 0 amide bonds. The number of anilines is 3. The first-order valence-electron chi connectivity index (χ1n) is 6.10. The zero-order chi connectivity index (χ0) is 13.4. The minimum absolute atomic E-state index is 0.706. The second-order valence-corrected chi connectivity index (χ2v) is 5.61. The average molecular weight is 269 g/mol. The van der Waals surface area contributed by atoms with Gasteiger partial charge in [-0.05, 0) is 49.2 Å². The molecule has 0 fully saturated rings. The second kappa shape index (κ2) is 4.55. The first kappa shape index (κ1) is 12.0. The molecule has 0 atom stereocenters. The van der Waals surface area contributed by atoms with Gasteiger partial charge in [-0.15, -0.1) is 11.3 Å². The third kappa shape index (κ3) is 2.27. The van der Waals surface area contributed by atoms with Crippen molar-refractivity contribution in [2.75, 3.05) is 11.1 Å². The number of nitrogens with zero attached hydrogens (tertiary/aromatic N) is 1. The van der Waals surface area contributed by atoms with Crippen LogP contribution >= 0.6 is 11.3 Å². The highest BCUT2D eigenvalue weighted by Crippen LogP contribution is 2.32. The summed E-state index contributed by atoms with van der Waals surface area (Å²) < 4.78 is 1.11. The number of benzene rings is 2. The Bertz CT molecular complexity index is 726. The van der Waals surface area contributed by atoms with E-state index in [1.165, 1.54) is 11.1 Å². The summed E-state index contributed by atoms with van der Waals surface area (Å²) in [6.45, 7) is 4.18. The van der Waals surface area contributed by atoms with Gasteiger partial charge in [-0.1, -0.05) is 6.07 Å². The molecule has 0 spiro atoms. The highest BCUT2D eigenvalue weighted by Gasteiger charge is 2.07. The SMILES string of the molecule is Cc1cc(C)cc(Nc2ccc3scnc3c2N)c1. The van der Waals surface area contributed by atoms with Crippen molar-refractivity contribution in [1.29, 1.82) is 0 Å². The van der Waals surface area contributed by atoms with E-state index in [1.807, 2.05) is 17.6 Å². The first-order chi connectivity index (χ1) is 9.13. The molecule has 0 radical (unpaired) electrons. The zero-order valence-corrected chi connectivity index (χ0v) is 11.7. The Hall–Kier alpha value is -2.07. The van der Waals surface area contributed by atoms with E-state index in [1.54, 1.807) is 11.3 Å². The molecule has 3 aromatic rings. The normalized spacial score (nSPS) is 10.8. The second-order valence-electron chi connectivity index (χ2n) is 4.73. The van der Waals surface area contributed by atoms with Gasteiger partial charge in [-0.2, -0.15) is 0 Å². The van der Waals surface area contributed by atoms with E-state index in [0.717, 1.165) is 21.6 Å². The monoisotopic (exact) mass is 269 g/mol. The van der Waals surface area contributed by atoms with Crippen LogP contribution in [0, 0.1) is 13.8 Å². The Kier molecular flexibility index (Phi) is 2.87. The Morgan fingerprint density at radius 3 is 2.58 bits per heavy atom. The van der Waals surface area contributed by atoms with Crippen molar-refractivity contribution in [3.05, 3.63) is 47.0 Å². The predicted molar refractivity (Wildman–Crippen MR) is 83.2 cm³/mol. The maximum atomic E-state index is 6.17. The van der Waals surface area contributed by atoms with Crippen molar-refractivity contribution in [2.24, 2.45) is 0 Å². The van der Waals surface area contributed by atoms with Crippen LogP contribution in [0.15, 0.2) is 35.8 Å². The number of thiazole rings is 1.